The molecule has 0 unspecified atom stereocenters. The van der Waals surface area contributed by atoms with Crippen molar-refractivity contribution < 1.29 is 9.53 Å². The Kier molecular flexibility index (Phi) is 6.59. The van der Waals surface area contributed by atoms with Gasteiger partial charge >= 0.3 is 0 Å². The summed E-state index contributed by atoms with van der Waals surface area (Å²) in [6.07, 6.45) is 4.80. The standard InChI is InChI=1S/C20H27N5O2/c1-3-8-21-20-22-13-16(14-23-20)15-24-9-11-25(12-10-24)19(26)17-4-6-18(27-2)7-5-17/h4-7,13-14H,3,8-12,15H2,1-2H3,(H,21,22,23). The first kappa shape index (κ1) is 19.1. The van der Waals surface area contributed by atoms with Crippen molar-refractivity contribution in [2.45, 2.75) is 19.9 Å². The number of benzene rings is 1. The number of carbonyl (C=O) groups is 1. The summed E-state index contributed by atoms with van der Waals surface area (Å²) in [6, 6.07) is 7.28. The first-order valence-corrected chi connectivity index (χ1v) is 9.40. The van der Waals surface area contributed by atoms with E-state index < -0.39 is 0 Å². The summed E-state index contributed by atoms with van der Waals surface area (Å²) in [5.41, 5.74) is 1.79. The molecular formula is C20H27N5O2. The van der Waals surface area contributed by atoms with Gasteiger partial charge in [0.05, 0.1) is 7.11 Å². The van der Waals surface area contributed by atoms with Gasteiger partial charge in [-0.2, -0.15) is 0 Å². The Balaban J connectivity index is 1.48. The summed E-state index contributed by atoms with van der Waals surface area (Å²) in [5.74, 6) is 1.51. The average Bonchev–Trinajstić information content (AvgIpc) is 2.73. The lowest BCUT2D eigenvalue weighted by Crippen LogP contribution is -2.48. The van der Waals surface area contributed by atoms with E-state index in [1.807, 2.05) is 41.6 Å². The van der Waals surface area contributed by atoms with Crippen LogP contribution in [0.4, 0.5) is 5.95 Å². The Bertz CT molecular complexity index is 725. The Morgan fingerprint density at radius 3 is 2.37 bits per heavy atom. The minimum absolute atomic E-state index is 0.0759. The quantitative estimate of drug-likeness (QED) is 0.807. The summed E-state index contributed by atoms with van der Waals surface area (Å²) >= 11 is 0. The van der Waals surface area contributed by atoms with Crippen molar-refractivity contribution in [3.05, 3.63) is 47.8 Å². The number of ether oxygens (including phenoxy) is 1. The van der Waals surface area contributed by atoms with Crippen LogP contribution in [0, 0.1) is 0 Å². The van der Waals surface area contributed by atoms with E-state index >= 15 is 0 Å². The van der Waals surface area contributed by atoms with Crippen LogP contribution in [0.3, 0.4) is 0 Å². The monoisotopic (exact) mass is 369 g/mol. The largest absolute Gasteiger partial charge is 0.497 e. The second-order valence-corrected chi connectivity index (χ2v) is 6.64. The number of hydrogen-bond acceptors (Lipinski definition) is 6. The van der Waals surface area contributed by atoms with E-state index in [1.165, 1.54) is 0 Å². The molecule has 0 radical (unpaired) electrons. The zero-order chi connectivity index (χ0) is 19.1. The van der Waals surface area contributed by atoms with Gasteiger partial charge in [0.15, 0.2) is 0 Å². The third-order valence-electron chi connectivity index (χ3n) is 4.64. The van der Waals surface area contributed by atoms with Crippen LogP contribution in [-0.4, -0.2) is 65.5 Å². The van der Waals surface area contributed by atoms with Crippen molar-refractivity contribution in [1.82, 2.24) is 19.8 Å². The van der Waals surface area contributed by atoms with E-state index in [2.05, 4.69) is 27.1 Å². The SMILES string of the molecule is CCCNc1ncc(CN2CCN(C(=O)c3ccc(OC)cc3)CC2)cn1. The lowest BCUT2D eigenvalue weighted by molar-refractivity contribution is 0.0628. The van der Waals surface area contributed by atoms with Crippen LogP contribution in [0.25, 0.3) is 0 Å². The van der Waals surface area contributed by atoms with Crippen molar-refractivity contribution in [3.8, 4) is 5.75 Å². The minimum Gasteiger partial charge on any atom is -0.497 e. The average molecular weight is 369 g/mol. The van der Waals surface area contributed by atoms with Gasteiger partial charge in [0.2, 0.25) is 5.95 Å². The molecule has 1 N–H and O–H groups in total. The normalized spacial score (nSPS) is 14.8. The molecule has 0 atom stereocenters. The first-order chi connectivity index (χ1) is 13.2. The van der Waals surface area contributed by atoms with Crippen LogP contribution in [0.2, 0.25) is 0 Å². The lowest BCUT2D eigenvalue weighted by atomic mass is 10.1. The molecule has 3 rings (SSSR count). The van der Waals surface area contributed by atoms with Crippen molar-refractivity contribution in [2.24, 2.45) is 0 Å². The number of hydrogen-bond donors (Lipinski definition) is 1. The Hall–Kier alpha value is -2.67. The second-order valence-electron chi connectivity index (χ2n) is 6.64. The van der Waals surface area contributed by atoms with Crippen LogP contribution in [0.5, 0.6) is 5.75 Å². The van der Waals surface area contributed by atoms with E-state index in [0.717, 1.165) is 57.0 Å². The molecule has 1 aliphatic rings. The van der Waals surface area contributed by atoms with Crippen molar-refractivity contribution >= 4 is 11.9 Å². The highest BCUT2D eigenvalue weighted by Crippen LogP contribution is 2.15. The molecular weight excluding hydrogens is 342 g/mol. The number of nitrogens with zero attached hydrogens (tertiary/aromatic N) is 4. The number of nitrogens with one attached hydrogen (secondary N) is 1. The summed E-state index contributed by atoms with van der Waals surface area (Å²) < 4.78 is 5.15. The Morgan fingerprint density at radius 2 is 1.78 bits per heavy atom. The van der Waals surface area contributed by atoms with E-state index in [4.69, 9.17) is 4.74 Å². The van der Waals surface area contributed by atoms with Crippen LogP contribution in [0.15, 0.2) is 36.7 Å². The van der Waals surface area contributed by atoms with Gasteiger partial charge in [-0.05, 0) is 30.7 Å². The number of piperazine rings is 1. The van der Waals surface area contributed by atoms with Crippen molar-refractivity contribution in [1.29, 1.82) is 0 Å². The van der Waals surface area contributed by atoms with Crippen LogP contribution in [-0.2, 0) is 6.54 Å². The molecule has 0 saturated carbocycles. The van der Waals surface area contributed by atoms with Gasteiger partial charge in [0.25, 0.3) is 5.91 Å². The highest BCUT2D eigenvalue weighted by atomic mass is 16.5. The fraction of sp³-hybridized carbons (Fsp3) is 0.450. The van der Waals surface area contributed by atoms with E-state index in [-0.39, 0.29) is 5.91 Å². The molecule has 0 aliphatic carbocycles. The summed E-state index contributed by atoms with van der Waals surface area (Å²) in [7, 11) is 1.62. The third kappa shape index (κ3) is 5.17. The van der Waals surface area contributed by atoms with Gasteiger partial charge in [-0.3, -0.25) is 9.69 Å². The maximum atomic E-state index is 12.6. The number of anilines is 1. The highest BCUT2D eigenvalue weighted by Gasteiger charge is 2.22. The van der Waals surface area contributed by atoms with Gasteiger partial charge in [-0.25, -0.2) is 9.97 Å². The fourth-order valence-electron chi connectivity index (χ4n) is 3.05. The smallest absolute Gasteiger partial charge is 0.253 e. The van der Waals surface area contributed by atoms with Crippen LogP contribution >= 0.6 is 0 Å². The molecule has 144 valence electrons. The first-order valence-electron chi connectivity index (χ1n) is 9.40. The van der Waals surface area contributed by atoms with Crippen LogP contribution < -0.4 is 10.1 Å². The van der Waals surface area contributed by atoms with E-state index in [1.54, 1.807) is 7.11 Å². The fourth-order valence-corrected chi connectivity index (χ4v) is 3.05. The summed E-state index contributed by atoms with van der Waals surface area (Å²) in [5, 5.41) is 3.18. The molecule has 1 aromatic carbocycles. The van der Waals surface area contributed by atoms with Crippen LogP contribution in [0.1, 0.15) is 29.3 Å². The van der Waals surface area contributed by atoms with E-state index in [0.29, 0.717) is 11.5 Å². The van der Waals surface area contributed by atoms with E-state index in [9.17, 15) is 4.79 Å². The summed E-state index contributed by atoms with van der Waals surface area (Å²) in [4.78, 5) is 25.6. The van der Waals surface area contributed by atoms with Gasteiger partial charge < -0.3 is 15.0 Å². The molecule has 7 nitrogen and oxygen atoms in total. The third-order valence-corrected chi connectivity index (χ3v) is 4.64. The van der Waals surface area contributed by atoms with Crippen molar-refractivity contribution in [2.75, 3.05) is 45.2 Å². The zero-order valence-electron chi connectivity index (χ0n) is 16.0. The maximum absolute atomic E-state index is 12.6. The molecule has 7 heteroatoms. The molecule has 1 saturated heterocycles. The number of carbonyl (C=O) groups excluding carboxylic acids is 1. The molecule has 1 aliphatic heterocycles. The van der Waals surface area contributed by atoms with Gasteiger partial charge in [-0.15, -0.1) is 0 Å². The zero-order valence-corrected chi connectivity index (χ0v) is 16.0. The van der Waals surface area contributed by atoms with Gasteiger partial charge in [-0.1, -0.05) is 6.92 Å². The Labute approximate surface area is 160 Å². The second kappa shape index (κ2) is 9.32. The number of methoxy groups -OCH3 is 1. The maximum Gasteiger partial charge on any atom is 0.253 e. The Morgan fingerprint density at radius 1 is 1.11 bits per heavy atom. The molecule has 0 bridgehead atoms. The molecule has 0 spiro atoms. The molecule has 1 aromatic heterocycles. The molecule has 2 aromatic rings. The molecule has 2 heterocycles. The molecule has 1 fully saturated rings. The topological polar surface area (TPSA) is 70.6 Å². The predicted molar refractivity (Wildman–Crippen MR) is 105 cm³/mol. The predicted octanol–water partition coefficient (Wildman–Crippen LogP) is 2.27. The number of amides is 1. The van der Waals surface area contributed by atoms with Crippen molar-refractivity contribution in [3.63, 3.8) is 0 Å². The minimum atomic E-state index is 0.0759. The number of aromatic nitrogens is 2. The lowest BCUT2D eigenvalue weighted by Gasteiger charge is -2.34. The summed E-state index contributed by atoms with van der Waals surface area (Å²) in [6.45, 7) is 6.93. The highest BCUT2D eigenvalue weighted by molar-refractivity contribution is 5.94. The molecule has 27 heavy (non-hydrogen) atoms. The van der Waals surface area contributed by atoms with Gasteiger partial charge in [0, 0.05) is 62.8 Å². The van der Waals surface area contributed by atoms with Gasteiger partial charge in [0.1, 0.15) is 5.75 Å². The molecule has 1 amide bonds. The number of rotatable bonds is 7.